The Kier molecular flexibility index (Phi) is 5.26. The van der Waals surface area contributed by atoms with E-state index in [0.717, 1.165) is 16.3 Å². The standard InChI is InChI=1S/C23H20ClN3O3/c1-2-23(12-11-19(28)27-22(23)30)15-7-9-16(10-8-15)25-21(29)18-13-14-5-3-4-6-17(14)20(24)26-18/h3-10,13H,2,11-12H2,1H3,(H,25,29)(H,27,28,30)/t23-/m1/s1. The van der Waals surface area contributed by atoms with E-state index in [1.165, 1.54) is 0 Å². The minimum Gasteiger partial charge on any atom is -0.321 e. The molecule has 3 amide bonds. The fraction of sp³-hybridized carbons (Fsp3) is 0.217. The number of carbonyl (C=O) groups excluding carboxylic acids is 3. The third-order valence-corrected chi connectivity index (χ3v) is 5.98. The van der Waals surface area contributed by atoms with Crippen molar-refractivity contribution in [1.82, 2.24) is 10.3 Å². The smallest absolute Gasteiger partial charge is 0.274 e. The van der Waals surface area contributed by atoms with Crippen LogP contribution in [0.4, 0.5) is 5.69 Å². The molecule has 0 aliphatic carbocycles. The average Bonchev–Trinajstić information content (AvgIpc) is 2.75. The van der Waals surface area contributed by atoms with Gasteiger partial charge in [-0.05, 0) is 42.0 Å². The number of anilines is 1. The zero-order valence-corrected chi connectivity index (χ0v) is 17.1. The number of hydrogen-bond acceptors (Lipinski definition) is 4. The molecule has 3 aromatic rings. The lowest BCUT2D eigenvalue weighted by molar-refractivity contribution is -0.138. The average molecular weight is 422 g/mol. The van der Waals surface area contributed by atoms with E-state index >= 15 is 0 Å². The van der Waals surface area contributed by atoms with Gasteiger partial charge in [0.25, 0.3) is 5.91 Å². The largest absolute Gasteiger partial charge is 0.321 e. The van der Waals surface area contributed by atoms with Gasteiger partial charge in [-0.25, -0.2) is 4.98 Å². The van der Waals surface area contributed by atoms with E-state index in [2.05, 4.69) is 15.6 Å². The van der Waals surface area contributed by atoms with Crippen molar-refractivity contribution in [3.63, 3.8) is 0 Å². The summed E-state index contributed by atoms with van der Waals surface area (Å²) in [5.74, 6) is -0.885. The van der Waals surface area contributed by atoms with Gasteiger partial charge in [-0.15, -0.1) is 0 Å². The minimum absolute atomic E-state index is 0.220. The lowest BCUT2D eigenvalue weighted by Crippen LogP contribution is -2.51. The van der Waals surface area contributed by atoms with E-state index in [1.54, 1.807) is 18.2 Å². The number of halogens is 1. The summed E-state index contributed by atoms with van der Waals surface area (Å²) in [7, 11) is 0. The molecule has 7 heteroatoms. The lowest BCUT2D eigenvalue weighted by Gasteiger charge is -2.35. The van der Waals surface area contributed by atoms with Crippen LogP contribution in [-0.2, 0) is 15.0 Å². The zero-order chi connectivity index (χ0) is 21.3. The predicted molar refractivity (Wildman–Crippen MR) is 116 cm³/mol. The molecule has 1 aliphatic rings. The molecule has 1 aromatic heterocycles. The molecule has 4 rings (SSSR count). The van der Waals surface area contributed by atoms with Crippen molar-refractivity contribution < 1.29 is 14.4 Å². The van der Waals surface area contributed by atoms with Crippen molar-refractivity contribution in [2.75, 3.05) is 5.32 Å². The number of carbonyl (C=O) groups is 3. The number of nitrogens with one attached hydrogen (secondary N) is 2. The molecule has 2 N–H and O–H groups in total. The van der Waals surface area contributed by atoms with Crippen molar-refractivity contribution in [2.24, 2.45) is 0 Å². The first-order valence-corrected chi connectivity index (χ1v) is 10.1. The Morgan fingerprint density at radius 2 is 1.90 bits per heavy atom. The van der Waals surface area contributed by atoms with Crippen LogP contribution in [0.1, 0.15) is 42.2 Å². The van der Waals surface area contributed by atoms with E-state index in [1.807, 2.05) is 43.3 Å². The van der Waals surface area contributed by atoms with Gasteiger partial charge in [-0.2, -0.15) is 0 Å². The number of hydrogen-bond donors (Lipinski definition) is 2. The normalized spacial score (nSPS) is 18.9. The van der Waals surface area contributed by atoms with Crippen LogP contribution in [0, 0.1) is 0 Å². The van der Waals surface area contributed by atoms with Gasteiger partial charge in [0.1, 0.15) is 10.8 Å². The van der Waals surface area contributed by atoms with Gasteiger partial charge < -0.3 is 5.32 Å². The van der Waals surface area contributed by atoms with E-state index < -0.39 is 5.41 Å². The van der Waals surface area contributed by atoms with Crippen molar-refractivity contribution in [3.8, 4) is 0 Å². The van der Waals surface area contributed by atoms with Crippen LogP contribution in [0.15, 0.2) is 54.6 Å². The lowest BCUT2D eigenvalue weighted by atomic mass is 9.72. The summed E-state index contributed by atoms with van der Waals surface area (Å²) in [6.45, 7) is 1.93. The highest BCUT2D eigenvalue weighted by Gasteiger charge is 2.42. The number of fused-ring (bicyclic) bond motifs is 1. The maximum Gasteiger partial charge on any atom is 0.274 e. The van der Waals surface area contributed by atoms with Gasteiger partial charge in [0, 0.05) is 17.5 Å². The van der Waals surface area contributed by atoms with E-state index in [-0.39, 0.29) is 28.6 Å². The topological polar surface area (TPSA) is 88.2 Å². The molecular weight excluding hydrogens is 402 g/mol. The van der Waals surface area contributed by atoms with Crippen molar-refractivity contribution in [1.29, 1.82) is 0 Å². The summed E-state index contributed by atoms with van der Waals surface area (Å²) >= 11 is 6.22. The third-order valence-electron chi connectivity index (χ3n) is 5.69. The second kappa shape index (κ2) is 7.88. The summed E-state index contributed by atoms with van der Waals surface area (Å²) in [6.07, 6.45) is 1.36. The number of amides is 3. The number of nitrogens with zero attached hydrogens (tertiary/aromatic N) is 1. The van der Waals surface area contributed by atoms with E-state index in [0.29, 0.717) is 24.9 Å². The summed E-state index contributed by atoms with van der Waals surface area (Å²) in [5.41, 5.74) is 0.885. The molecule has 0 bridgehead atoms. The van der Waals surface area contributed by atoms with Crippen LogP contribution in [0.2, 0.25) is 5.15 Å². The van der Waals surface area contributed by atoms with Gasteiger partial charge in [0.15, 0.2) is 0 Å². The van der Waals surface area contributed by atoms with Crippen molar-refractivity contribution in [3.05, 3.63) is 71.0 Å². The van der Waals surface area contributed by atoms with Gasteiger partial charge in [-0.1, -0.05) is 54.9 Å². The molecule has 152 valence electrons. The number of benzene rings is 2. The van der Waals surface area contributed by atoms with Crippen LogP contribution in [-0.4, -0.2) is 22.7 Å². The first-order chi connectivity index (χ1) is 14.4. The van der Waals surface area contributed by atoms with Crippen LogP contribution in [0.25, 0.3) is 10.8 Å². The highest BCUT2D eigenvalue weighted by molar-refractivity contribution is 6.34. The Labute approximate surface area is 178 Å². The molecule has 6 nitrogen and oxygen atoms in total. The molecule has 1 atom stereocenters. The maximum atomic E-state index is 12.7. The highest BCUT2D eigenvalue weighted by Crippen LogP contribution is 2.36. The number of piperidine rings is 1. The molecule has 1 saturated heterocycles. The summed E-state index contributed by atoms with van der Waals surface area (Å²) in [4.78, 5) is 40.9. The fourth-order valence-electron chi connectivity index (χ4n) is 3.91. The fourth-order valence-corrected chi connectivity index (χ4v) is 4.17. The van der Waals surface area contributed by atoms with Gasteiger partial charge in [0.2, 0.25) is 11.8 Å². The van der Waals surface area contributed by atoms with Crippen LogP contribution >= 0.6 is 11.6 Å². The van der Waals surface area contributed by atoms with E-state index in [9.17, 15) is 14.4 Å². The summed E-state index contributed by atoms with van der Waals surface area (Å²) in [5, 5.41) is 7.15. The van der Waals surface area contributed by atoms with Crippen LogP contribution in [0.3, 0.4) is 0 Å². The Balaban J connectivity index is 1.56. The van der Waals surface area contributed by atoms with Gasteiger partial charge in [-0.3, -0.25) is 19.7 Å². The molecule has 2 aromatic carbocycles. The number of aromatic nitrogens is 1. The first-order valence-electron chi connectivity index (χ1n) is 9.74. The first kappa shape index (κ1) is 20.0. The van der Waals surface area contributed by atoms with Gasteiger partial charge >= 0.3 is 0 Å². The molecule has 0 spiro atoms. The Morgan fingerprint density at radius 1 is 1.17 bits per heavy atom. The van der Waals surface area contributed by atoms with Crippen LogP contribution < -0.4 is 10.6 Å². The van der Waals surface area contributed by atoms with Crippen molar-refractivity contribution >= 4 is 45.8 Å². The number of rotatable bonds is 4. The second-order valence-electron chi connectivity index (χ2n) is 7.36. The molecule has 0 unspecified atom stereocenters. The number of imide groups is 1. The number of pyridine rings is 1. The Hall–Kier alpha value is -3.25. The molecule has 0 radical (unpaired) electrons. The molecule has 2 heterocycles. The minimum atomic E-state index is -0.732. The Bertz CT molecular complexity index is 1160. The molecule has 1 fully saturated rings. The second-order valence-corrected chi connectivity index (χ2v) is 7.72. The van der Waals surface area contributed by atoms with E-state index in [4.69, 9.17) is 11.6 Å². The molecule has 0 saturated carbocycles. The molecular formula is C23H20ClN3O3. The highest BCUT2D eigenvalue weighted by atomic mass is 35.5. The molecule has 30 heavy (non-hydrogen) atoms. The predicted octanol–water partition coefficient (Wildman–Crippen LogP) is 4.22. The third kappa shape index (κ3) is 3.55. The maximum absolute atomic E-state index is 12.7. The summed E-state index contributed by atoms with van der Waals surface area (Å²) in [6, 6.07) is 16.3. The Morgan fingerprint density at radius 3 is 2.60 bits per heavy atom. The van der Waals surface area contributed by atoms with Gasteiger partial charge in [0.05, 0.1) is 5.41 Å². The monoisotopic (exact) mass is 421 g/mol. The SMILES string of the molecule is CC[C@]1(c2ccc(NC(=O)c3cc4ccccc4c(Cl)n3)cc2)CCC(=O)NC1=O. The van der Waals surface area contributed by atoms with Crippen molar-refractivity contribution in [2.45, 2.75) is 31.6 Å². The summed E-state index contributed by atoms with van der Waals surface area (Å²) < 4.78 is 0. The zero-order valence-electron chi connectivity index (χ0n) is 16.4. The molecule has 1 aliphatic heterocycles. The van der Waals surface area contributed by atoms with Crippen LogP contribution in [0.5, 0.6) is 0 Å². The quantitative estimate of drug-likeness (QED) is 0.487.